The number of amides is 1. The van der Waals surface area contributed by atoms with Crippen LogP contribution in [0.1, 0.15) is 60.2 Å². The van der Waals surface area contributed by atoms with Crippen molar-refractivity contribution in [2.75, 3.05) is 24.1 Å². The molecule has 2 saturated carbocycles. The molecule has 1 heterocycles. The summed E-state index contributed by atoms with van der Waals surface area (Å²) in [6.45, 7) is 3.78. The summed E-state index contributed by atoms with van der Waals surface area (Å²) in [5.74, 6) is 1.37. The third kappa shape index (κ3) is 2.92. The topological polar surface area (TPSA) is 67.2 Å². The van der Waals surface area contributed by atoms with Crippen molar-refractivity contribution >= 4 is 27.9 Å². The molecule has 0 atom stereocenters. The second-order valence-corrected chi connectivity index (χ2v) is 6.96. The molecule has 0 radical (unpaired) electrons. The van der Waals surface area contributed by atoms with Gasteiger partial charge in [-0.1, -0.05) is 6.92 Å². The monoisotopic (exact) mass is 293 g/mol. The van der Waals surface area contributed by atoms with E-state index in [9.17, 15) is 4.79 Å². The first-order valence-electron chi connectivity index (χ1n) is 7.65. The Morgan fingerprint density at radius 3 is 2.70 bits per heavy atom. The zero-order valence-electron chi connectivity index (χ0n) is 12.0. The first kappa shape index (κ1) is 13.7. The Morgan fingerprint density at radius 2 is 2.10 bits per heavy atom. The molecule has 110 valence electrons. The van der Waals surface area contributed by atoms with E-state index in [2.05, 4.69) is 17.6 Å². The van der Waals surface area contributed by atoms with E-state index in [0.29, 0.717) is 23.0 Å². The van der Waals surface area contributed by atoms with Crippen LogP contribution in [0, 0.1) is 5.92 Å². The fraction of sp³-hybridized carbons (Fsp3) is 0.667. The molecule has 4 nitrogen and oxygen atoms in total. The van der Waals surface area contributed by atoms with Crippen molar-refractivity contribution < 1.29 is 4.79 Å². The molecule has 2 fully saturated rings. The van der Waals surface area contributed by atoms with Crippen molar-refractivity contribution in [2.24, 2.45) is 5.92 Å². The number of rotatable bonds is 7. The summed E-state index contributed by atoms with van der Waals surface area (Å²) < 4.78 is 0. The lowest BCUT2D eigenvalue weighted by molar-refractivity contribution is 0.0958. The first-order chi connectivity index (χ1) is 9.70. The maximum absolute atomic E-state index is 12.2. The van der Waals surface area contributed by atoms with Gasteiger partial charge in [0, 0.05) is 18.7 Å². The number of nitrogens with one attached hydrogen (secondary N) is 2. The molecule has 1 aromatic heterocycles. The Morgan fingerprint density at radius 1 is 1.35 bits per heavy atom. The van der Waals surface area contributed by atoms with Crippen LogP contribution in [0.25, 0.3) is 0 Å². The van der Waals surface area contributed by atoms with Gasteiger partial charge < -0.3 is 16.4 Å². The summed E-state index contributed by atoms with van der Waals surface area (Å²) in [5.41, 5.74) is 8.17. The number of nitrogen functional groups attached to an aromatic ring is 1. The summed E-state index contributed by atoms with van der Waals surface area (Å²) in [4.78, 5) is 12.9. The largest absolute Gasteiger partial charge is 0.397 e. The van der Waals surface area contributed by atoms with Crippen molar-refractivity contribution in [1.82, 2.24) is 5.32 Å². The fourth-order valence-electron chi connectivity index (χ4n) is 2.41. The average molecular weight is 293 g/mol. The standard InChI is InChI=1S/C15H23N3OS/c1-2-7-17-14(19)13-12(16)11(10-5-6-10)15(20-13)18-8-9-3-4-9/h9-10,18H,2-8,16H2,1H3,(H,17,19). The maximum atomic E-state index is 12.2. The number of nitrogens with two attached hydrogens (primary N) is 1. The minimum atomic E-state index is -0.0179. The average Bonchev–Trinajstić information content (AvgIpc) is 3.33. The summed E-state index contributed by atoms with van der Waals surface area (Å²) in [6, 6.07) is 0. The predicted octanol–water partition coefficient (Wildman–Crippen LogP) is 3.17. The second kappa shape index (κ2) is 5.64. The van der Waals surface area contributed by atoms with E-state index in [4.69, 9.17) is 5.73 Å². The molecule has 0 unspecified atom stereocenters. The van der Waals surface area contributed by atoms with Gasteiger partial charge in [0.2, 0.25) is 0 Å². The van der Waals surface area contributed by atoms with Gasteiger partial charge in [-0.05, 0) is 43.9 Å². The third-order valence-electron chi connectivity index (χ3n) is 3.96. The van der Waals surface area contributed by atoms with Crippen LogP contribution >= 0.6 is 11.3 Å². The van der Waals surface area contributed by atoms with Crippen LogP contribution in [-0.4, -0.2) is 19.0 Å². The Balaban J connectivity index is 1.78. The molecule has 20 heavy (non-hydrogen) atoms. The molecule has 0 aromatic carbocycles. The lowest BCUT2D eigenvalue weighted by atomic mass is 10.1. The van der Waals surface area contributed by atoms with Gasteiger partial charge in [0.1, 0.15) is 4.88 Å². The number of carbonyl (C=O) groups is 1. The third-order valence-corrected chi connectivity index (χ3v) is 5.14. The van der Waals surface area contributed by atoms with Gasteiger partial charge in [-0.3, -0.25) is 4.79 Å². The zero-order chi connectivity index (χ0) is 14.1. The van der Waals surface area contributed by atoms with Crippen LogP contribution in [0.5, 0.6) is 0 Å². The smallest absolute Gasteiger partial charge is 0.263 e. The summed E-state index contributed by atoms with van der Waals surface area (Å²) in [5, 5.41) is 7.60. The molecule has 0 aliphatic heterocycles. The van der Waals surface area contributed by atoms with Crippen LogP contribution in [-0.2, 0) is 0 Å². The molecule has 0 saturated heterocycles. The normalized spacial score (nSPS) is 18.1. The highest BCUT2D eigenvalue weighted by atomic mass is 32.1. The van der Waals surface area contributed by atoms with Gasteiger partial charge >= 0.3 is 0 Å². The summed E-state index contributed by atoms with van der Waals surface area (Å²) >= 11 is 1.53. The van der Waals surface area contributed by atoms with E-state index < -0.39 is 0 Å². The highest BCUT2D eigenvalue weighted by Crippen LogP contribution is 2.51. The number of hydrogen-bond donors (Lipinski definition) is 3. The SMILES string of the molecule is CCCNC(=O)c1sc(NCC2CC2)c(C2CC2)c1N. The van der Waals surface area contributed by atoms with Crippen LogP contribution in [0.2, 0.25) is 0 Å². The van der Waals surface area contributed by atoms with Gasteiger partial charge in [0.05, 0.1) is 10.7 Å². The van der Waals surface area contributed by atoms with Crippen LogP contribution in [0.4, 0.5) is 10.7 Å². The lowest BCUT2D eigenvalue weighted by Crippen LogP contribution is -2.23. The van der Waals surface area contributed by atoms with Gasteiger partial charge in [0.25, 0.3) is 5.91 Å². The molecule has 3 rings (SSSR count). The van der Waals surface area contributed by atoms with Gasteiger partial charge in [-0.2, -0.15) is 0 Å². The second-order valence-electron chi connectivity index (χ2n) is 5.94. The number of thiophene rings is 1. The van der Waals surface area contributed by atoms with Crippen LogP contribution < -0.4 is 16.4 Å². The van der Waals surface area contributed by atoms with E-state index in [1.54, 1.807) is 0 Å². The number of carbonyl (C=O) groups excluding carboxylic acids is 1. The van der Waals surface area contributed by atoms with Gasteiger partial charge in [0.15, 0.2) is 0 Å². The molecule has 2 aliphatic rings. The minimum absolute atomic E-state index is 0.0179. The van der Waals surface area contributed by atoms with Crippen molar-refractivity contribution in [3.63, 3.8) is 0 Å². The molecule has 0 bridgehead atoms. The van der Waals surface area contributed by atoms with E-state index in [-0.39, 0.29) is 5.91 Å². The van der Waals surface area contributed by atoms with E-state index >= 15 is 0 Å². The van der Waals surface area contributed by atoms with E-state index in [1.807, 2.05) is 0 Å². The van der Waals surface area contributed by atoms with Crippen LogP contribution in [0.3, 0.4) is 0 Å². The number of hydrogen-bond acceptors (Lipinski definition) is 4. The quantitative estimate of drug-likeness (QED) is 0.723. The highest BCUT2D eigenvalue weighted by molar-refractivity contribution is 7.18. The minimum Gasteiger partial charge on any atom is -0.397 e. The molecule has 2 aliphatic carbocycles. The molecular formula is C15H23N3OS. The van der Waals surface area contributed by atoms with Crippen molar-refractivity contribution in [2.45, 2.75) is 44.9 Å². The predicted molar refractivity (Wildman–Crippen MR) is 84.5 cm³/mol. The summed E-state index contributed by atoms with van der Waals surface area (Å²) in [7, 11) is 0. The summed E-state index contributed by atoms with van der Waals surface area (Å²) in [6.07, 6.45) is 6.01. The fourth-order valence-corrected chi connectivity index (χ4v) is 3.54. The molecule has 0 spiro atoms. The molecule has 1 amide bonds. The first-order valence-corrected chi connectivity index (χ1v) is 8.46. The molecule has 5 heteroatoms. The van der Waals surface area contributed by atoms with Crippen molar-refractivity contribution in [3.05, 3.63) is 10.4 Å². The Hall–Kier alpha value is -1.23. The Bertz CT molecular complexity index is 503. The van der Waals surface area contributed by atoms with Gasteiger partial charge in [-0.25, -0.2) is 0 Å². The van der Waals surface area contributed by atoms with Crippen molar-refractivity contribution in [1.29, 1.82) is 0 Å². The van der Waals surface area contributed by atoms with E-state index in [1.165, 1.54) is 42.6 Å². The van der Waals surface area contributed by atoms with Gasteiger partial charge in [-0.15, -0.1) is 11.3 Å². The number of anilines is 2. The highest BCUT2D eigenvalue weighted by Gasteiger charge is 2.33. The molecule has 1 aromatic rings. The Kier molecular flexibility index (Phi) is 3.87. The zero-order valence-corrected chi connectivity index (χ0v) is 12.8. The molecule has 4 N–H and O–H groups in total. The van der Waals surface area contributed by atoms with E-state index in [0.717, 1.165) is 23.9 Å². The van der Waals surface area contributed by atoms with Crippen molar-refractivity contribution in [3.8, 4) is 0 Å². The molecular weight excluding hydrogens is 270 g/mol. The lowest BCUT2D eigenvalue weighted by Gasteiger charge is -2.06. The maximum Gasteiger partial charge on any atom is 0.263 e. The Labute approximate surface area is 124 Å². The van der Waals surface area contributed by atoms with Crippen LogP contribution in [0.15, 0.2) is 0 Å².